The van der Waals surface area contributed by atoms with Crippen LogP contribution >= 0.6 is 0 Å². The number of aromatic amines is 1. The van der Waals surface area contributed by atoms with Crippen molar-refractivity contribution >= 4 is 61.7 Å². The standard InChI is InChI=1S/C10H6F2N2O.C10H11FN2.C10H6N2O2.C10H8N2.C9H6N2/c1-14-8-3-2-6(5-13)4-7(8)10(11,12)9(14)15;1-13-6-9(11)8-4-7(5-12)2-3-10(8)13;1-12-8-3-2-6(5-11)4-7(8)9(13)10(12)14;1-12-5-4-9-6-8(7-11)2-3-10(9)12;10-6-7-1-2-9-8(5-7)3-4-11-9/h2-4H,1H3;2-4,6H,5,12H2,1H3;2-4H,1H3;2-6H,1H3;1-5,11H. The number of halogens is 3. The van der Waals surface area contributed by atoms with Crippen molar-refractivity contribution in [2.75, 3.05) is 23.9 Å². The van der Waals surface area contributed by atoms with Crippen LogP contribution < -0.4 is 15.5 Å². The van der Waals surface area contributed by atoms with Crippen LogP contribution in [0.4, 0.5) is 24.5 Å². The average Bonchev–Trinajstić information content (AvgIpc) is 4.12. The lowest BCUT2D eigenvalue weighted by Gasteiger charge is -2.08. The maximum absolute atomic E-state index is 13.4. The first kappa shape index (κ1) is 45.6. The van der Waals surface area contributed by atoms with E-state index in [4.69, 9.17) is 26.8 Å². The summed E-state index contributed by atoms with van der Waals surface area (Å²) in [4.78, 5) is 39.1. The van der Waals surface area contributed by atoms with E-state index in [1.807, 2.05) is 91.7 Å². The van der Waals surface area contributed by atoms with E-state index < -0.39 is 29.1 Å². The molecule has 0 radical (unpaired) electrons. The minimum Gasteiger partial charge on any atom is -0.361 e. The fourth-order valence-electron chi connectivity index (χ4n) is 7.03. The molecule has 322 valence electrons. The number of amides is 2. The number of nitrogens with zero attached hydrogens (tertiary/aromatic N) is 8. The highest BCUT2D eigenvalue weighted by Gasteiger charge is 2.51. The van der Waals surface area contributed by atoms with Crippen LogP contribution in [0.25, 0.3) is 32.7 Å². The predicted octanol–water partition coefficient (Wildman–Crippen LogP) is 8.21. The van der Waals surface area contributed by atoms with E-state index >= 15 is 0 Å². The van der Waals surface area contributed by atoms with E-state index in [0.29, 0.717) is 39.9 Å². The number of alkyl halides is 2. The van der Waals surface area contributed by atoms with Crippen LogP contribution in [0.5, 0.6) is 0 Å². The minimum absolute atomic E-state index is 0.122. The summed E-state index contributed by atoms with van der Waals surface area (Å²) in [6, 6.07) is 37.2. The largest absolute Gasteiger partial charge is 0.361 e. The molecule has 2 amide bonds. The molecule has 0 aliphatic carbocycles. The number of aromatic nitrogens is 3. The maximum atomic E-state index is 13.4. The summed E-state index contributed by atoms with van der Waals surface area (Å²) >= 11 is 0. The highest BCUT2D eigenvalue weighted by Crippen LogP contribution is 2.43. The smallest absolute Gasteiger partial charge is 0.352 e. The van der Waals surface area contributed by atoms with Gasteiger partial charge in [-0.3, -0.25) is 14.4 Å². The van der Waals surface area contributed by atoms with E-state index in [0.717, 1.165) is 43.9 Å². The number of aryl methyl sites for hydroxylation is 2. The Morgan fingerprint density at radius 1 is 0.646 bits per heavy atom. The first-order valence-corrected chi connectivity index (χ1v) is 19.5. The molecule has 0 atom stereocenters. The van der Waals surface area contributed by atoms with E-state index in [-0.39, 0.29) is 17.1 Å². The second-order valence-corrected chi connectivity index (χ2v) is 14.7. The van der Waals surface area contributed by atoms with Crippen molar-refractivity contribution in [2.45, 2.75) is 12.5 Å². The molecule has 5 aromatic carbocycles. The van der Waals surface area contributed by atoms with Gasteiger partial charge in [-0.2, -0.15) is 29.8 Å². The van der Waals surface area contributed by atoms with Crippen LogP contribution in [0, 0.1) is 51.1 Å². The summed E-state index contributed by atoms with van der Waals surface area (Å²) in [6.45, 7) is 0.449. The zero-order chi connectivity index (χ0) is 47.2. The number of fused-ring (bicyclic) bond motifs is 5. The Kier molecular flexibility index (Phi) is 13.3. The lowest BCUT2D eigenvalue weighted by atomic mass is 10.1. The van der Waals surface area contributed by atoms with E-state index in [9.17, 15) is 27.6 Å². The number of H-pyrrole nitrogens is 1. The number of carbonyl (C=O) groups excluding carboxylic acids is 3. The summed E-state index contributed by atoms with van der Waals surface area (Å²) in [6.07, 6.45) is 5.34. The van der Waals surface area contributed by atoms with Gasteiger partial charge in [0.25, 0.3) is 11.7 Å². The molecule has 0 spiro atoms. The fraction of sp³-hybridized carbons (Fsp3) is 0.122. The van der Waals surface area contributed by atoms with Crippen LogP contribution in [0.1, 0.15) is 43.7 Å². The van der Waals surface area contributed by atoms with Crippen molar-refractivity contribution < 1.29 is 27.6 Å². The highest BCUT2D eigenvalue weighted by atomic mass is 19.3. The molecular formula is C49H37F3N10O3. The summed E-state index contributed by atoms with van der Waals surface area (Å²) in [5.74, 6) is -6.05. The number of nitrogens with one attached hydrogen (secondary N) is 1. The molecule has 0 saturated heterocycles. The van der Waals surface area contributed by atoms with Gasteiger partial charge < -0.3 is 29.7 Å². The van der Waals surface area contributed by atoms with Gasteiger partial charge in [-0.25, -0.2) is 4.39 Å². The Morgan fingerprint density at radius 3 is 1.89 bits per heavy atom. The van der Waals surface area contributed by atoms with Gasteiger partial charge in [0.1, 0.15) is 5.82 Å². The number of hydrogen-bond donors (Lipinski definition) is 2. The van der Waals surface area contributed by atoms with Crippen molar-refractivity contribution in [3.8, 4) is 24.3 Å². The predicted molar refractivity (Wildman–Crippen MR) is 239 cm³/mol. The molecule has 0 bridgehead atoms. The van der Waals surface area contributed by atoms with Crippen LogP contribution in [-0.2, 0) is 36.2 Å². The monoisotopic (exact) mass is 870 g/mol. The van der Waals surface area contributed by atoms with Crippen LogP contribution in [0.15, 0.2) is 122 Å². The van der Waals surface area contributed by atoms with Gasteiger partial charge >= 0.3 is 11.8 Å². The van der Waals surface area contributed by atoms with Crippen LogP contribution in [0.2, 0.25) is 0 Å². The van der Waals surface area contributed by atoms with Crippen molar-refractivity contribution in [1.82, 2.24) is 14.1 Å². The number of ketones is 1. The molecule has 10 rings (SSSR count). The number of nitriles is 4. The van der Waals surface area contributed by atoms with Gasteiger partial charge in [0, 0.05) is 80.5 Å². The number of anilines is 2. The van der Waals surface area contributed by atoms with Gasteiger partial charge in [-0.15, -0.1) is 0 Å². The van der Waals surface area contributed by atoms with Crippen molar-refractivity contribution in [3.63, 3.8) is 0 Å². The number of hydrogen-bond acceptors (Lipinski definition) is 8. The van der Waals surface area contributed by atoms with Gasteiger partial charge in [0.05, 0.1) is 74.5 Å². The van der Waals surface area contributed by atoms with Gasteiger partial charge in [0.2, 0.25) is 0 Å². The number of carbonyl (C=O) groups is 3. The highest BCUT2D eigenvalue weighted by molar-refractivity contribution is 6.52. The number of nitrogens with two attached hydrogens (primary N) is 1. The second kappa shape index (κ2) is 19.0. The van der Waals surface area contributed by atoms with Crippen LogP contribution in [0.3, 0.4) is 0 Å². The molecule has 13 nitrogen and oxygen atoms in total. The Labute approximate surface area is 370 Å². The molecule has 3 N–H and O–H groups in total. The molecule has 2 aliphatic rings. The number of benzene rings is 5. The molecule has 16 heteroatoms. The summed E-state index contributed by atoms with van der Waals surface area (Å²) in [5, 5.41) is 37.3. The van der Waals surface area contributed by atoms with Crippen molar-refractivity contribution in [2.24, 2.45) is 19.8 Å². The molecule has 8 aromatic rings. The molecule has 5 heterocycles. The van der Waals surface area contributed by atoms with Gasteiger partial charge in [-0.05, 0) is 103 Å². The summed E-state index contributed by atoms with van der Waals surface area (Å²) < 4.78 is 43.9. The molecule has 65 heavy (non-hydrogen) atoms. The van der Waals surface area contributed by atoms with E-state index in [1.54, 1.807) is 34.9 Å². The van der Waals surface area contributed by atoms with E-state index in [2.05, 4.69) is 17.1 Å². The van der Waals surface area contributed by atoms with Gasteiger partial charge in [0.15, 0.2) is 0 Å². The zero-order valence-electron chi connectivity index (χ0n) is 35.3. The lowest BCUT2D eigenvalue weighted by Crippen LogP contribution is -2.31. The zero-order valence-corrected chi connectivity index (χ0v) is 35.3. The Morgan fingerprint density at radius 2 is 1.23 bits per heavy atom. The van der Waals surface area contributed by atoms with Gasteiger partial charge in [-0.1, -0.05) is 6.07 Å². The number of Topliss-reactive ketones (excluding diaryl/α,β-unsaturated/α-hetero) is 1. The molecule has 3 aromatic heterocycles. The SMILES string of the molecule is CN1C(=O)C(=O)c2cc(C#N)ccc21.CN1C(=O)C(F)(F)c2cc(C#N)ccc21.Cn1cc(F)c2cc(CN)ccc21.Cn1ccc2cc(C#N)ccc21.N#Cc1ccc2[nH]ccc2c1. The van der Waals surface area contributed by atoms with Crippen LogP contribution in [-0.4, -0.2) is 45.8 Å². The van der Waals surface area contributed by atoms with Crippen molar-refractivity contribution in [3.05, 3.63) is 166 Å². The topological polar surface area (TPSA) is 205 Å². The molecule has 2 aliphatic heterocycles. The molecule has 0 fully saturated rings. The lowest BCUT2D eigenvalue weighted by molar-refractivity contribution is -0.141. The molecular weight excluding hydrogens is 834 g/mol. The third-order valence-electron chi connectivity index (χ3n) is 10.6. The summed E-state index contributed by atoms with van der Waals surface area (Å²) in [5.41, 5.74) is 12.1. The molecule has 0 unspecified atom stereocenters. The minimum atomic E-state index is -3.52. The quantitative estimate of drug-likeness (QED) is 0.154. The first-order chi connectivity index (χ1) is 31.1. The Bertz CT molecular complexity index is 3340. The maximum Gasteiger partial charge on any atom is 0.352 e. The third-order valence-corrected chi connectivity index (χ3v) is 10.6. The summed E-state index contributed by atoms with van der Waals surface area (Å²) in [7, 11) is 6.65. The average molecular weight is 871 g/mol. The molecule has 0 saturated carbocycles. The fourth-order valence-corrected chi connectivity index (χ4v) is 7.03. The second-order valence-electron chi connectivity index (χ2n) is 14.7. The third kappa shape index (κ3) is 9.30. The first-order valence-electron chi connectivity index (χ1n) is 19.5. The van der Waals surface area contributed by atoms with Crippen molar-refractivity contribution in [1.29, 1.82) is 21.0 Å². The Balaban J connectivity index is 0.000000135. The Hall–Kier alpha value is -8.96. The normalized spacial score (nSPS) is 12.8. The number of rotatable bonds is 1. The van der Waals surface area contributed by atoms with E-state index in [1.165, 1.54) is 43.4 Å². The number of likely N-dealkylation sites (N-methyl/N-ethyl adjacent to an activating group) is 2.